The number of aryl methyl sites for hydroxylation is 1. The van der Waals surface area contributed by atoms with E-state index >= 15 is 0 Å². The Morgan fingerprint density at radius 1 is 1.32 bits per heavy atom. The maximum absolute atomic E-state index is 9.68. The molecule has 1 N–H and O–H groups in total. The number of thioether (sulfide) groups is 1. The maximum atomic E-state index is 9.68. The highest BCUT2D eigenvalue weighted by atomic mass is 32.2. The first kappa shape index (κ1) is 13.9. The second kappa shape index (κ2) is 5.25. The molecule has 0 saturated heterocycles. The first-order chi connectivity index (χ1) is 8.85. The van der Waals surface area contributed by atoms with Gasteiger partial charge in [-0.3, -0.25) is 0 Å². The molecular formula is C14H18N2O2S. The van der Waals surface area contributed by atoms with Crippen molar-refractivity contribution in [3.63, 3.8) is 0 Å². The monoisotopic (exact) mass is 278 g/mol. The van der Waals surface area contributed by atoms with Crippen molar-refractivity contribution in [1.82, 2.24) is 10.1 Å². The Balaban J connectivity index is 2.14. The molecule has 0 unspecified atom stereocenters. The van der Waals surface area contributed by atoms with Gasteiger partial charge in [-0.1, -0.05) is 32.0 Å². The van der Waals surface area contributed by atoms with Crippen LogP contribution in [0.2, 0.25) is 0 Å². The van der Waals surface area contributed by atoms with Gasteiger partial charge in [0.25, 0.3) is 5.89 Å². The number of nitrogens with zero attached hydrogens (tertiary/aromatic N) is 2. The molecule has 102 valence electrons. The lowest BCUT2D eigenvalue weighted by Crippen LogP contribution is -2.07. The van der Waals surface area contributed by atoms with Crippen molar-refractivity contribution in [1.29, 1.82) is 0 Å². The highest BCUT2D eigenvalue weighted by Gasteiger charge is 2.15. The minimum Gasteiger partial charge on any atom is -0.508 e. The lowest BCUT2D eigenvalue weighted by Gasteiger charge is -2.15. The summed E-state index contributed by atoms with van der Waals surface area (Å²) < 4.78 is 5.39. The Morgan fingerprint density at radius 3 is 2.68 bits per heavy atom. The average Bonchev–Trinajstić information content (AvgIpc) is 2.78. The maximum Gasteiger partial charge on any atom is 0.258 e. The molecule has 0 aliphatic heterocycles. The summed E-state index contributed by atoms with van der Waals surface area (Å²) in [7, 11) is 0. The molecule has 0 amide bonds. The fourth-order valence-corrected chi connectivity index (χ4v) is 2.13. The lowest BCUT2D eigenvalue weighted by molar-refractivity contribution is 0.424. The third-order valence-electron chi connectivity index (χ3n) is 2.56. The van der Waals surface area contributed by atoms with E-state index in [4.69, 9.17) is 4.52 Å². The van der Waals surface area contributed by atoms with E-state index in [1.165, 1.54) is 0 Å². The number of hydrogen-bond acceptors (Lipinski definition) is 5. The number of phenols is 1. The smallest absolute Gasteiger partial charge is 0.258 e. The summed E-state index contributed by atoms with van der Waals surface area (Å²) in [6.07, 6.45) is 0. The summed E-state index contributed by atoms with van der Waals surface area (Å²) in [5.41, 5.74) is 1.56. The second-order valence-electron chi connectivity index (χ2n) is 5.42. The summed E-state index contributed by atoms with van der Waals surface area (Å²) in [4.78, 5) is 4.34. The van der Waals surface area contributed by atoms with Crippen LogP contribution in [0.3, 0.4) is 0 Å². The van der Waals surface area contributed by atoms with Crippen LogP contribution in [0.25, 0.3) is 11.5 Å². The SMILES string of the molecule is Cc1ccc(-c2nc(CSC(C)(C)C)no2)cc1O. The standard InChI is InChI=1S/C14H18N2O2S/c1-9-5-6-10(7-11(9)17)13-15-12(16-18-13)8-19-14(2,3)4/h5-7,17H,8H2,1-4H3. The van der Waals surface area contributed by atoms with Crippen molar-refractivity contribution in [2.75, 3.05) is 0 Å². The van der Waals surface area contributed by atoms with Crippen LogP contribution >= 0.6 is 11.8 Å². The lowest BCUT2D eigenvalue weighted by atomic mass is 10.1. The molecule has 5 heteroatoms. The molecule has 0 aliphatic carbocycles. The molecule has 0 atom stereocenters. The normalized spacial score (nSPS) is 11.8. The molecule has 0 radical (unpaired) electrons. The zero-order valence-electron chi connectivity index (χ0n) is 11.6. The molecule has 0 bridgehead atoms. The van der Waals surface area contributed by atoms with Gasteiger partial charge in [0.15, 0.2) is 5.82 Å². The van der Waals surface area contributed by atoms with Gasteiger partial charge in [-0.2, -0.15) is 4.98 Å². The van der Waals surface area contributed by atoms with Crippen molar-refractivity contribution in [2.24, 2.45) is 0 Å². The Hall–Kier alpha value is -1.49. The number of phenolic OH excluding ortho intramolecular Hbond substituents is 1. The minimum absolute atomic E-state index is 0.170. The fourth-order valence-electron chi connectivity index (χ4n) is 1.45. The summed E-state index contributed by atoms with van der Waals surface area (Å²) in [5, 5.41) is 13.6. The van der Waals surface area contributed by atoms with Crippen LogP contribution in [-0.4, -0.2) is 20.0 Å². The van der Waals surface area contributed by atoms with Gasteiger partial charge in [0.2, 0.25) is 0 Å². The molecule has 0 fully saturated rings. The van der Waals surface area contributed by atoms with Gasteiger partial charge < -0.3 is 9.63 Å². The quantitative estimate of drug-likeness (QED) is 0.925. The number of aromatic nitrogens is 2. The second-order valence-corrected chi connectivity index (χ2v) is 7.22. The molecule has 0 saturated carbocycles. The predicted octanol–water partition coefficient (Wildman–Crippen LogP) is 3.78. The fraction of sp³-hybridized carbons (Fsp3) is 0.429. The molecule has 0 spiro atoms. The Bertz CT molecular complexity index is 573. The number of benzene rings is 1. The summed E-state index contributed by atoms with van der Waals surface area (Å²) in [6.45, 7) is 8.29. The van der Waals surface area contributed by atoms with Crippen LogP contribution in [-0.2, 0) is 5.75 Å². The first-order valence-electron chi connectivity index (χ1n) is 6.12. The molecule has 1 heterocycles. The van der Waals surface area contributed by atoms with Crippen LogP contribution in [0.4, 0.5) is 0 Å². The van der Waals surface area contributed by atoms with E-state index in [0.717, 1.165) is 11.1 Å². The summed E-state index contributed by atoms with van der Waals surface area (Å²) in [6, 6.07) is 5.34. The Kier molecular flexibility index (Phi) is 3.85. The van der Waals surface area contributed by atoms with Crippen LogP contribution in [0, 0.1) is 6.92 Å². The molecule has 4 nitrogen and oxygen atoms in total. The van der Waals surface area contributed by atoms with Gasteiger partial charge in [-0.25, -0.2) is 0 Å². The van der Waals surface area contributed by atoms with Crippen molar-refractivity contribution in [2.45, 2.75) is 38.2 Å². The third-order valence-corrected chi connectivity index (χ3v) is 3.83. The molecule has 2 rings (SSSR count). The van der Waals surface area contributed by atoms with Gasteiger partial charge in [0.05, 0.1) is 5.75 Å². The molecule has 0 aliphatic rings. The van der Waals surface area contributed by atoms with Crippen molar-refractivity contribution in [3.8, 4) is 17.2 Å². The van der Waals surface area contributed by atoms with Crippen LogP contribution < -0.4 is 0 Å². The van der Waals surface area contributed by atoms with E-state index < -0.39 is 0 Å². The van der Waals surface area contributed by atoms with Crippen molar-refractivity contribution in [3.05, 3.63) is 29.6 Å². The average molecular weight is 278 g/mol. The molecule has 1 aromatic carbocycles. The Morgan fingerprint density at radius 2 is 2.05 bits per heavy atom. The number of hydrogen-bond donors (Lipinski definition) is 1. The third kappa shape index (κ3) is 3.73. The largest absolute Gasteiger partial charge is 0.508 e. The van der Waals surface area contributed by atoms with Gasteiger partial charge >= 0.3 is 0 Å². The molecule has 1 aromatic heterocycles. The van der Waals surface area contributed by atoms with Gasteiger partial charge in [0, 0.05) is 10.3 Å². The van der Waals surface area contributed by atoms with E-state index in [0.29, 0.717) is 17.5 Å². The van der Waals surface area contributed by atoms with Gasteiger partial charge in [0.1, 0.15) is 5.75 Å². The van der Waals surface area contributed by atoms with E-state index in [9.17, 15) is 5.11 Å². The summed E-state index contributed by atoms with van der Waals surface area (Å²) in [5.74, 6) is 2.07. The topological polar surface area (TPSA) is 59.2 Å². The predicted molar refractivity (Wildman–Crippen MR) is 77.2 cm³/mol. The Labute approximate surface area is 117 Å². The molecular weight excluding hydrogens is 260 g/mol. The highest BCUT2D eigenvalue weighted by Crippen LogP contribution is 2.28. The van der Waals surface area contributed by atoms with E-state index in [1.807, 2.05) is 19.1 Å². The van der Waals surface area contributed by atoms with Crippen LogP contribution in [0.1, 0.15) is 32.2 Å². The minimum atomic E-state index is 0.170. The number of rotatable bonds is 3. The molecule has 2 aromatic rings. The highest BCUT2D eigenvalue weighted by molar-refractivity contribution is 7.99. The van der Waals surface area contributed by atoms with Gasteiger partial charge in [-0.05, 0) is 24.6 Å². The van der Waals surface area contributed by atoms with Gasteiger partial charge in [-0.15, -0.1) is 11.8 Å². The van der Waals surface area contributed by atoms with E-state index in [1.54, 1.807) is 17.8 Å². The first-order valence-corrected chi connectivity index (χ1v) is 7.10. The van der Waals surface area contributed by atoms with E-state index in [-0.39, 0.29) is 10.5 Å². The summed E-state index contributed by atoms with van der Waals surface area (Å²) >= 11 is 1.77. The zero-order chi connectivity index (χ0) is 14.0. The van der Waals surface area contributed by atoms with Crippen LogP contribution in [0.5, 0.6) is 5.75 Å². The van der Waals surface area contributed by atoms with Crippen LogP contribution in [0.15, 0.2) is 22.7 Å². The van der Waals surface area contributed by atoms with E-state index in [2.05, 4.69) is 30.9 Å². The van der Waals surface area contributed by atoms with Crippen molar-refractivity contribution >= 4 is 11.8 Å². The molecule has 19 heavy (non-hydrogen) atoms. The zero-order valence-corrected chi connectivity index (χ0v) is 12.4. The van der Waals surface area contributed by atoms with Crippen molar-refractivity contribution < 1.29 is 9.63 Å². The number of aromatic hydroxyl groups is 1.